The molecule has 2 amide bonds. The number of carbonyl (C=O) groups is 2. The summed E-state index contributed by atoms with van der Waals surface area (Å²) in [6.07, 6.45) is 3.44. The first-order valence-electron chi connectivity index (χ1n) is 7.53. The third kappa shape index (κ3) is 6.86. The first-order valence-corrected chi connectivity index (χ1v) is 7.53. The van der Waals surface area contributed by atoms with E-state index in [-0.39, 0.29) is 17.9 Å². The molecule has 0 aromatic carbocycles. The highest BCUT2D eigenvalue weighted by molar-refractivity contribution is 5.87. The highest BCUT2D eigenvalue weighted by Crippen LogP contribution is 2.07. The molecule has 1 saturated heterocycles. The number of amides is 2. The van der Waals surface area contributed by atoms with Crippen LogP contribution in [0, 0.1) is 0 Å². The maximum atomic E-state index is 11.7. The summed E-state index contributed by atoms with van der Waals surface area (Å²) in [5.74, 6) is -0.280. The molecule has 1 fully saturated rings. The van der Waals surface area contributed by atoms with Crippen molar-refractivity contribution in [3.63, 3.8) is 0 Å². The highest BCUT2D eigenvalue weighted by Gasteiger charge is 2.16. The number of rotatable bonds is 8. The van der Waals surface area contributed by atoms with Crippen LogP contribution in [-0.4, -0.2) is 50.2 Å². The van der Waals surface area contributed by atoms with Gasteiger partial charge in [0.2, 0.25) is 11.8 Å². The van der Waals surface area contributed by atoms with Crippen LogP contribution < -0.4 is 16.0 Å². The van der Waals surface area contributed by atoms with Crippen molar-refractivity contribution >= 4 is 11.8 Å². The van der Waals surface area contributed by atoms with Crippen molar-refractivity contribution in [2.75, 3.05) is 26.2 Å². The van der Waals surface area contributed by atoms with E-state index in [0.29, 0.717) is 19.6 Å². The van der Waals surface area contributed by atoms with Gasteiger partial charge in [0, 0.05) is 13.0 Å². The van der Waals surface area contributed by atoms with E-state index in [2.05, 4.69) is 16.0 Å². The van der Waals surface area contributed by atoms with Crippen LogP contribution in [0.15, 0.2) is 0 Å². The van der Waals surface area contributed by atoms with Crippen LogP contribution in [0.1, 0.15) is 39.5 Å². The zero-order chi connectivity index (χ0) is 14.8. The lowest BCUT2D eigenvalue weighted by Gasteiger charge is -2.23. The van der Waals surface area contributed by atoms with Gasteiger partial charge in [0.25, 0.3) is 0 Å². The van der Waals surface area contributed by atoms with E-state index in [9.17, 15) is 9.59 Å². The monoisotopic (exact) mass is 285 g/mol. The minimum atomic E-state index is -0.493. The van der Waals surface area contributed by atoms with Crippen LogP contribution in [0.2, 0.25) is 0 Å². The van der Waals surface area contributed by atoms with Gasteiger partial charge in [0.15, 0.2) is 0 Å². The lowest BCUT2D eigenvalue weighted by Crippen LogP contribution is -2.45. The minimum Gasteiger partial charge on any atom is -0.378 e. The smallest absolute Gasteiger partial charge is 0.242 e. The fourth-order valence-corrected chi connectivity index (χ4v) is 2.06. The van der Waals surface area contributed by atoms with Crippen molar-refractivity contribution in [3.05, 3.63) is 0 Å². The Morgan fingerprint density at radius 3 is 2.70 bits per heavy atom. The first-order chi connectivity index (χ1) is 9.63. The highest BCUT2D eigenvalue weighted by atomic mass is 16.5. The Morgan fingerprint density at radius 1 is 1.35 bits per heavy atom. The number of ether oxygens (including phenoxy) is 1. The van der Waals surface area contributed by atoms with Gasteiger partial charge in [0.05, 0.1) is 12.7 Å². The van der Waals surface area contributed by atoms with Gasteiger partial charge in [0.1, 0.15) is 6.04 Å². The van der Waals surface area contributed by atoms with Crippen molar-refractivity contribution in [1.29, 1.82) is 0 Å². The van der Waals surface area contributed by atoms with Crippen LogP contribution in [0.3, 0.4) is 0 Å². The molecular weight excluding hydrogens is 258 g/mol. The van der Waals surface area contributed by atoms with Gasteiger partial charge in [-0.2, -0.15) is 0 Å². The number of nitrogens with one attached hydrogen (secondary N) is 3. The van der Waals surface area contributed by atoms with Crippen LogP contribution in [0.5, 0.6) is 0 Å². The Labute approximate surface area is 121 Å². The first kappa shape index (κ1) is 16.9. The number of hydrogen-bond donors (Lipinski definition) is 3. The van der Waals surface area contributed by atoms with Crippen molar-refractivity contribution in [2.24, 2.45) is 0 Å². The summed E-state index contributed by atoms with van der Waals surface area (Å²) >= 11 is 0. The van der Waals surface area contributed by atoms with Crippen molar-refractivity contribution in [2.45, 2.75) is 51.7 Å². The largest absolute Gasteiger partial charge is 0.378 e. The summed E-state index contributed by atoms with van der Waals surface area (Å²) in [6, 6.07) is -0.493. The molecule has 1 rings (SSSR count). The van der Waals surface area contributed by atoms with Crippen LogP contribution in [0.4, 0.5) is 0 Å². The van der Waals surface area contributed by atoms with Gasteiger partial charge in [-0.1, -0.05) is 6.92 Å². The average Bonchev–Trinajstić information content (AvgIpc) is 2.45. The molecule has 0 spiro atoms. The molecule has 1 atom stereocenters. The zero-order valence-electron chi connectivity index (χ0n) is 12.5. The standard InChI is InChI=1S/C14H27N3O3/c1-3-7-16-14(19)11(2)17-13(18)6-10-20-12-4-8-15-9-5-12/h11-12,15H,3-10H2,1-2H3,(H,16,19)(H,17,18). The number of hydrogen-bond acceptors (Lipinski definition) is 4. The molecule has 0 bridgehead atoms. The molecule has 0 radical (unpaired) electrons. The van der Waals surface area contributed by atoms with Gasteiger partial charge >= 0.3 is 0 Å². The molecule has 0 saturated carbocycles. The molecule has 3 N–H and O–H groups in total. The fraction of sp³-hybridized carbons (Fsp3) is 0.857. The Bertz CT molecular complexity index is 304. The lowest BCUT2D eigenvalue weighted by atomic mass is 10.1. The molecule has 1 unspecified atom stereocenters. The molecule has 0 aliphatic carbocycles. The van der Waals surface area contributed by atoms with Crippen molar-refractivity contribution in [3.8, 4) is 0 Å². The van der Waals surface area contributed by atoms with E-state index in [1.165, 1.54) is 0 Å². The van der Waals surface area contributed by atoms with Gasteiger partial charge in [-0.15, -0.1) is 0 Å². The molecular formula is C14H27N3O3. The van der Waals surface area contributed by atoms with E-state index in [1.54, 1.807) is 6.92 Å². The fourth-order valence-electron chi connectivity index (χ4n) is 2.06. The predicted octanol–water partition coefficient (Wildman–Crippen LogP) is 0.176. The van der Waals surface area contributed by atoms with E-state index < -0.39 is 6.04 Å². The summed E-state index contributed by atoms with van der Waals surface area (Å²) in [6.45, 7) is 6.69. The predicted molar refractivity (Wildman–Crippen MR) is 77.4 cm³/mol. The average molecular weight is 285 g/mol. The second-order valence-corrected chi connectivity index (χ2v) is 5.15. The quantitative estimate of drug-likeness (QED) is 0.594. The topological polar surface area (TPSA) is 79.5 Å². The van der Waals surface area contributed by atoms with Gasteiger partial charge in [-0.05, 0) is 39.3 Å². The van der Waals surface area contributed by atoms with E-state index in [0.717, 1.165) is 32.4 Å². The lowest BCUT2D eigenvalue weighted by molar-refractivity contribution is -0.129. The zero-order valence-corrected chi connectivity index (χ0v) is 12.5. The van der Waals surface area contributed by atoms with E-state index in [4.69, 9.17) is 4.74 Å². The molecule has 6 heteroatoms. The summed E-state index contributed by atoms with van der Waals surface area (Å²) in [5, 5.41) is 8.70. The van der Waals surface area contributed by atoms with Gasteiger partial charge < -0.3 is 20.7 Å². The van der Waals surface area contributed by atoms with Gasteiger partial charge in [-0.3, -0.25) is 9.59 Å². The Kier molecular flexibility index (Phi) is 8.22. The molecule has 1 heterocycles. The summed E-state index contributed by atoms with van der Waals surface area (Å²) in [4.78, 5) is 23.3. The maximum absolute atomic E-state index is 11.7. The molecule has 1 aliphatic heterocycles. The van der Waals surface area contributed by atoms with Crippen molar-refractivity contribution in [1.82, 2.24) is 16.0 Å². The molecule has 6 nitrogen and oxygen atoms in total. The van der Waals surface area contributed by atoms with Crippen LogP contribution in [0.25, 0.3) is 0 Å². The second kappa shape index (κ2) is 9.72. The minimum absolute atomic E-state index is 0.139. The summed E-state index contributed by atoms with van der Waals surface area (Å²) in [5.41, 5.74) is 0. The van der Waals surface area contributed by atoms with E-state index >= 15 is 0 Å². The Morgan fingerprint density at radius 2 is 2.05 bits per heavy atom. The van der Waals surface area contributed by atoms with Crippen LogP contribution in [-0.2, 0) is 14.3 Å². The van der Waals surface area contributed by atoms with Crippen molar-refractivity contribution < 1.29 is 14.3 Å². The number of piperidine rings is 1. The molecule has 0 aromatic heterocycles. The number of carbonyl (C=O) groups excluding carboxylic acids is 2. The second-order valence-electron chi connectivity index (χ2n) is 5.15. The molecule has 1 aliphatic rings. The van der Waals surface area contributed by atoms with Gasteiger partial charge in [-0.25, -0.2) is 0 Å². The molecule has 0 aromatic rings. The summed E-state index contributed by atoms with van der Waals surface area (Å²) in [7, 11) is 0. The SMILES string of the molecule is CCCNC(=O)C(C)NC(=O)CCOC1CCNCC1. The molecule has 116 valence electrons. The summed E-state index contributed by atoms with van der Waals surface area (Å²) < 4.78 is 5.66. The molecule has 20 heavy (non-hydrogen) atoms. The van der Waals surface area contributed by atoms with E-state index in [1.807, 2.05) is 6.92 Å². The third-order valence-electron chi connectivity index (χ3n) is 3.29. The Hall–Kier alpha value is -1.14. The normalized spacial score (nSPS) is 17.5. The van der Waals surface area contributed by atoms with Crippen LogP contribution >= 0.6 is 0 Å². The maximum Gasteiger partial charge on any atom is 0.242 e. The third-order valence-corrected chi connectivity index (χ3v) is 3.29. The Balaban J connectivity index is 2.11.